The van der Waals surface area contributed by atoms with E-state index in [1.807, 2.05) is 13.2 Å². The Labute approximate surface area is 182 Å². The number of carbonyl (C=O) groups is 1. The second kappa shape index (κ2) is 7.68. The van der Waals surface area contributed by atoms with Gasteiger partial charge in [0.1, 0.15) is 5.82 Å². The number of alkyl halides is 3. The van der Waals surface area contributed by atoms with Crippen molar-refractivity contribution in [2.24, 2.45) is 7.05 Å². The molecule has 0 bridgehead atoms. The summed E-state index contributed by atoms with van der Waals surface area (Å²) in [4.78, 5) is 17.5. The maximum atomic E-state index is 10.6. The minimum absolute atomic E-state index is 0.196. The molecule has 3 aromatic heterocycles. The summed E-state index contributed by atoms with van der Waals surface area (Å²) in [5.41, 5.74) is 16.2. The van der Waals surface area contributed by atoms with E-state index in [-0.39, 0.29) is 5.95 Å². The summed E-state index contributed by atoms with van der Waals surface area (Å²) in [5.74, 6) is -2.14. The van der Waals surface area contributed by atoms with Gasteiger partial charge in [-0.1, -0.05) is 18.2 Å². The summed E-state index contributed by atoms with van der Waals surface area (Å²) >= 11 is 1.75. The average Bonchev–Trinajstić information content (AvgIpc) is 3.31. The van der Waals surface area contributed by atoms with Gasteiger partial charge in [0, 0.05) is 39.8 Å². The van der Waals surface area contributed by atoms with Crippen molar-refractivity contribution in [1.29, 1.82) is 0 Å². The molecule has 3 heterocycles. The first kappa shape index (κ1) is 21.4. The number of benzene rings is 2. The van der Waals surface area contributed by atoms with E-state index in [1.165, 1.54) is 15.6 Å². The third kappa shape index (κ3) is 3.66. The highest BCUT2D eigenvalue weighted by Gasteiger charge is 2.38. The minimum Gasteiger partial charge on any atom is -0.475 e. The molecule has 2 aromatic carbocycles. The third-order valence-corrected chi connectivity index (χ3v) is 5.84. The molecular formula is C21H16F3N5O2S. The maximum absolute atomic E-state index is 10.6. The summed E-state index contributed by atoms with van der Waals surface area (Å²) in [6, 6.07) is 12.6. The van der Waals surface area contributed by atoms with Gasteiger partial charge in [-0.2, -0.15) is 18.2 Å². The molecule has 0 amide bonds. The molecular weight excluding hydrogens is 443 g/mol. The number of anilines is 2. The summed E-state index contributed by atoms with van der Waals surface area (Å²) in [6.45, 7) is 0. The van der Waals surface area contributed by atoms with Crippen LogP contribution in [-0.2, 0) is 11.8 Å². The SMILES string of the molecule is Cn1ccc2c3c(N)nc(N)nc3cc(-c3csc4ccccc34)c21.O=C(O)C(F)(F)F. The van der Waals surface area contributed by atoms with Crippen molar-refractivity contribution in [3.63, 3.8) is 0 Å². The van der Waals surface area contributed by atoms with Crippen molar-refractivity contribution < 1.29 is 23.1 Å². The Morgan fingerprint density at radius 2 is 1.78 bits per heavy atom. The quantitative estimate of drug-likeness (QED) is 0.331. The number of nitrogens with two attached hydrogens (primary N) is 2. The highest BCUT2D eigenvalue weighted by atomic mass is 32.1. The van der Waals surface area contributed by atoms with Crippen molar-refractivity contribution in [3.8, 4) is 11.1 Å². The zero-order valence-electron chi connectivity index (χ0n) is 16.5. The van der Waals surface area contributed by atoms with Gasteiger partial charge in [0.25, 0.3) is 0 Å². The van der Waals surface area contributed by atoms with Crippen LogP contribution in [0.4, 0.5) is 24.9 Å². The Hall–Kier alpha value is -3.86. The Morgan fingerprint density at radius 3 is 2.47 bits per heavy atom. The largest absolute Gasteiger partial charge is 0.490 e. The van der Waals surface area contributed by atoms with Gasteiger partial charge in [0.15, 0.2) is 0 Å². The lowest BCUT2D eigenvalue weighted by molar-refractivity contribution is -0.192. The van der Waals surface area contributed by atoms with Gasteiger partial charge in [-0.3, -0.25) is 0 Å². The van der Waals surface area contributed by atoms with Gasteiger partial charge in [0.05, 0.1) is 16.4 Å². The van der Waals surface area contributed by atoms with Crippen molar-refractivity contribution in [2.75, 3.05) is 11.5 Å². The molecule has 0 aliphatic heterocycles. The molecule has 0 saturated heterocycles. The van der Waals surface area contributed by atoms with E-state index in [9.17, 15) is 13.2 Å². The molecule has 0 aliphatic rings. The molecule has 32 heavy (non-hydrogen) atoms. The summed E-state index contributed by atoms with van der Waals surface area (Å²) in [6.07, 6.45) is -3.04. The van der Waals surface area contributed by atoms with Gasteiger partial charge in [-0.05, 0) is 23.6 Å². The van der Waals surface area contributed by atoms with E-state index >= 15 is 0 Å². The topological polar surface area (TPSA) is 120 Å². The first-order valence-electron chi connectivity index (χ1n) is 9.15. The number of aromatic nitrogens is 3. The van der Waals surface area contributed by atoms with E-state index in [1.54, 1.807) is 11.3 Å². The molecule has 0 aliphatic carbocycles. The zero-order valence-corrected chi connectivity index (χ0v) is 17.3. The first-order valence-corrected chi connectivity index (χ1v) is 10.0. The van der Waals surface area contributed by atoms with Gasteiger partial charge in [-0.15, -0.1) is 11.3 Å². The van der Waals surface area contributed by atoms with E-state index in [0.717, 1.165) is 27.4 Å². The van der Waals surface area contributed by atoms with E-state index in [4.69, 9.17) is 21.4 Å². The van der Waals surface area contributed by atoms with Crippen LogP contribution in [0.3, 0.4) is 0 Å². The number of fused-ring (bicyclic) bond motifs is 4. The first-order chi connectivity index (χ1) is 15.1. The number of nitrogens with zero attached hydrogens (tertiary/aromatic N) is 3. The van der Waals surface area contributed by atoms with Crippen molar-refractivity contribution >= 4 is 61.0 Å². The molecule has 5 N–H and O–H groups in total. The molecule has 0 spiro atoms. The number of hydrogen-bond donors (Lipinski definition) is 3. The molecule has 5 rings (SSSR count). The minimum atomic E-state index is -5.08. The smallest absolute Gasteiger partial charge is 0.475 e. The number of aryl methyl sites for hydroxylation is 1. The van der Waals surface area contributed by atoms with Crippen LogP contribution in [0.25, 0.3) is 43.0 Å². The predicted octanol–water partition coefficient (Wildman–Crippen LogP) is 4.80. The molecule has 0 fully saturated rings. The molecule has 5 aromatic rings. The number of nitrogen functional groups attached to an aromatic ring is 2. The number of thiophene rings is 1. The van der Waals surface area contributed by atoms with Crippen LogP contribution in [0.1, 0.15) is 0 Å². The summed E-state index contributed by atoms with van der Waals surface area (Å²) in [5, 5.41) is 12.5. The maximum Gasteiger partial charge on any atom is 0.490 e. The molecule has 164 valence electrons. The number of rotatable bonds is 1. The fraction of sp³-hybridized carbons (Fsp3) is 0.0952. The van der Waals surface area contributed by atoms with Gasteiger partial charge < -0.3 is 21.1 Å². The Kier molecular flexibility index (Phi) is 5.13. The summed E-state index contributed by atoms with van der Waals surface area (Å²) in [7, 11) is 2.04. The molecule has 0 radical (unpaired) electrons. The number of halogens is 3. The van der Waals surface area contributed by atoms with E-state index in [0.29, 0.717) is 5.82 Å². The second-order valence-corrected chi connectivity index (χ2v) is 7.83. The van der Waals surface area contributed by atoms with Crippen LogP contribution in [-0.4, -0.2) is 31.8 Å². The van der Waals surface area contributed by atoms with Crippen LogP contribution < -0.4 is 11.5 Å². The fourth-order valence-electron chi connectivity index (χ4n) is 3.56. The standard InChI is InChI=1S/C19H15N5S.C2HF3O2/c1-24-7-6-11-16-14(22-19(21)23-18(16)20)8-12(17(11)24)13-9-25-15-5-3-2-4-10(13)15;3-2(4,5)1(6)7/h2-9H,1H3,(H4,20,21,22,23);(H,6,7). The molecule has 0 saturated carbocycles. The van der Waals surface area contributed by atoms with Crippen LogP contribution in [0.2, 0.25) is 0 Å². The Balaban J connectivity index is 0.000000307. The highest BCUT2D eigenvalue weighted by Crippen LogP contribution is 2.41. The van der Waals surface area contributed by atoms with Gasteiger partial charge in [0.2, 0.25) is 5.95 Å². The average molecular weight is 459 g/mol. The fourth-order valence-corrected chi connectivity index (χ4v) is 4.52. The van der Waals surface area contributed by atoms with Crippen molar-refractivity contribution in [3.05, 3.63) is 48.0 Å². The van der Waals surface area contributed by atoms with E-state index < -0.39 is 12.1 Å². The molecule has 0 unspecified atom stereocenters. The lowest BCUT2D eigenvalue weighted by Crippen LogP contribution is -2.21. The second-order valence-electron chi connectivity index (χ2n) is 6.92. The van der Waals surface area contributed by atoms with Crippen molar-refractivity contribution in [1.82, 2.24) is 14.5 Å². The normalized spacial score (nSPS) is 11.6. The van der Waals surface area contributed by atoms with Crippen molar-refractivity contribution in [2.45, 2.75) is 6.18 Å². The molecule has 0 atom stereocenters. The lowest BCUT2D eigenvalue weighted by Gasteiger charge is -2.10. The lowest BCUT2D eigenvalue weighted by atomic mass is 9.99. The van der Waals surface area contributed by atoms with Crippen LogP contribution >= 0.6 is 11.3 Å². The zero-order chi connectivity index (χ0) is 23.2. The Morgan fingerprint density at radius 1 is 1.09 bits per heavy atom. The predicted molar refractivity (Wildman–Crippen MR) is 119 cm³/mol. The van der Waals surface area contributed by atoms with Crippen LogP contribution in [0.15, 0.2) is 48.0 Å². The van der Waals surface area contributed by atoms with Gasteiger partial charge in [-0.25, -0.2) is 9.78 Å². The number of aliphatic carboxylic acids is 1. The van der Waals surface area contributed by atoms with Gasteiger partial charge >= 0.3 is 12.1 Å². The number of carboxylic acids is 1. The monoisotopic (exact) mass is 459 g/mol. The number of hydrogen-bond acceptors (Lipinski definition) is 6. The Bertz CT molecular complexity index is 1490. The molecule has 7 nitrogen and oxygen atoms in total. The molecule has 11 heteroatoms. The third-order valence-electron chi connectivity index (χ3n) is 4.87. The van der Waals surface area contributed by atoms with E-state index in [2.05, 4.69) is 56.3 Å². The van der Waals surface area contributed by atoms with Crippen LogP contribution in [0.5, 0.6) is 0 Å². The number of carboxylic acid groups (broad SMARTS) is 1. The van der Waals surface area contributed by atoms with Crippen LogP contribution in [0, 0.1) is 0 Å². The summed E-state index contributed by atoms with van der Waals surface area (Å²) < 4.78 is 35.1. The highest BCUT2D eigenvalue weighted by molar-refractivity contribution is 7.17.